The summed E-state index contributed by atoms with van der Waals surface area (Å²) in [4.78, 5) is -0.134. The summed E-state index contributed by atoms with van der Waals surface area (Å²) < 4.78 is 44.6. The van der Waals surface area contributed by atoms with E-state index in [0.717, 1.165) is 12.1 Å². The van der Waals surface area contributed by atoms with Crippen LogP contribution in [0.15, 0.2) is 41.3 Å². The first kappa shape index (κ1) is 15.6. The van der Waals surface area contributed by atoms with Gasteiger partial charge in [0.15, 0.2) is 0 Å². The Bertz CT molecular complexity index is 781. The molecule has 2 rings (SSSR count). The first-order chi connectivity index (χ1) is 9.83. The molecule has 0 aliphatic carbocycles. The van der Waals surface area contributed by atoms with Crippen molar-refractivity contribution < 1.29 is 17.5 Å². The second-order valence-corrected chi connectivity index (χ2v) is 6.35. The molecule has 21 heavy (non-hydrogen) atoms. The van der Waals surface area contributed by atoms with Crippen LogP contribution < -0.4 is 15.2 Å². The Kier molecular flexibility index (Phi) is 4.36. The predicted molar refractivity (Wildman–Crippen MR) is 78.6 cm³/mol. The van der Waals surface area contributed by atoms with Crippen molar-refractivity contribution in [2.24, 2.45) is 0 Å². The summed E-state index contributed by atoms with van der Waals surface area (Å²) >= 11 is 5.86. The van der Waals surface area contributed by atoms with Gasteiger partial charge in [-0.15, -0.1) is 0 Å². The lowest BCUT2D eigenvalue weighted by atomic mass is 10.3. The molecule has 0 spiro atoms. The molecule has 0 unspecified atom stereocenters. The van der Waals surface area contributed by atoms with Crippen LogP contribution in [0, 0.1) is 5.82 Å². The molecule has 3 N–H and O–H groups in total. The molecular weight excluding hydrogens is 319 g/mol. The number of anilines is 1. The van der Waals surface area contributed by atoms with Gasteiger partial charge in [0, 0.05) is 5.69 Å². The first-order valence-electron chi connectivity index (χ1n) is 5.79. The summed E-state index contributed by atoms with van der Waals surface area (Å²) in [5.74, 6) is -0.352. The molecule has 0 saturated heterocycles. The molecule has 0 saturated carbocycles. The van der Waals surface area contributed by atoms with Gasteiger partial charge in [0.25, 0.3) is 0 Å². The fourth-order valence-corrected chi connectivity index (χ4v) is 2.70. The molecule has 5 nitrogen and oxygen atoms in total. The van der Waals surface area contributed by atoms with E-state index >= 15 is 0 Å². The first-order valence-corrected chi connectivity index (χ1v) is 7.65. The van der Waals surface area contributed by atoms with E-state index in [1.807, 2.05) is 0 Å². The maximum atomic E-state index is 13.0. The van der Waals surface area contributed by atoms with E-state index in [2.05, 4.69) is 4.72 Å². The molecule has 0 amide bonds. The van der Waals surface area contributed by atoms with Crippen molar-refractivity contribution >= 4 is 27.3 Å². The Morgan fingerprint density at radius 1 is 1.19 bits per heavy atom. The van der Waals surface area contributed by atoms with E-state index in [4.69, 9.17) is 22.1 Å². The van der Waals surface area contributed by atoms with Gasteiger partial charge < -0.3 is 10.5 Å². The zero-order valence-corrected chi connectivity index (χ0v) is 12.5. The van der Waals surface area contributed by atoms with Crippen molar-refractivity contribution in [3.8, 4) is 11.5 Å². The van der Waals surface area contributed by atoms with Crippen LogP contribution in [0.5, 0.6) is 11.5 Å². The average molecular weight is 331 g/mol. The van der Waals surface area contributed by atoms with Crippen molar-refractivity contribution in [2.45, 2.75) is 4.90 Å². The molecular formula is C13H12ClFN2O3S. The van der Waals surface area contributed by atoms with Crippen molar-refractivity contribution in [1.29, 1.82) is 0 Å². The van der Waals surface area contributed by atoms with E-state index in [1.165, 1.54) is 31.3 Å². The van der Waals surface area contributed by atoms with Crippen molar-refractivity contribution in [2.75, 3.05) is 12.8 Å². The molecule has 0 bridgehead atoms. The number of halogens is 2. The average Bonchev–Trinajstić information content (AvgIpc) is 2.43. The summed E-state index contributed by atoms with van der Waals surface area (Å²) in [5, 5.41) is 0.0274. The second kappa shape index (κ2) is 5.88. The monoisotopic (exact) mass is 330 g/mol. The molecule has 0 fully saturated rings. The Morgan fingerprint density at radius 2 is 1.86 bits per heavy atom. The van der Waals surface area contributed by atoms with Crippen LogP contribution in [0.1, 0.15) is 0 Å². The highest BCUT2D eigenvalue weighted by atomic mass is 35.5. The number of hydrogen-bond acceptors (Lipinski definition) is 4. The van der Waals surface area contributed by atoms with Gasteiger partial charge in [-0.05, 0) is 43.4 Å². The van der Waals surface area contributed by atoms with Crippen LogP contribution in [0.25, 0.3) is 0 Å². The molecule has 0 aliphatic rings. The van der Waals surface area contributed by atoms with Gasteiger partial charge in [-0.25, -0.2) is 17.5 Å². The second-order valence-electron chi connectivity index (χ2n) is 4.09. The lowest BCUT2D eigenvalue weighted by molar-refractivity contribution is 0.465. The molecule has 8 heteroatoms. The molecule has 0 radical (unpaired) electrons. The number of ether oxygens (including phenoxy) is 1. The van der Waals surface area contributed by atoms with Crippen LogP contribution in [0.4, 0.5) is 10.1 Å². The van der Waals surface area contributed by atoms with Gasteiger partial charge in [0.2, 0.25) is 10.0 Å². The van der Waals surface area contributed by atoms with E-state index in [-0.39, 0.29) is 27.1 Å². The third-order valence-electron chi connectivity index (χ3n) is 2.64. The zero-order valence-electron chi connectivity index (χ0n) is 10.9. The lowest BCUT2D eigenvalue weighted by Gasteiger charge is -2.13. The Hall–Kier alpha value is -1.83. The minimum atomic E-state index is -3.76. The topological polar surface area (TPSA) is 81.4 Å². The van der Waals surface area contributed by atoms with E-state index in [0.29, 0.717) is 0 Å². The normalized spacial score (nSPS) is 11.4. The van der Waals surface area contributed by atoms with Crippen LogP contribution >= 0.6 is 11.6 Å². The summed E-state index contributed by atoms with van der Waals surface area (Å²) in [5.41, 5.74) is 5.86. The van der Waals surface area contributed by atoms with Crippen molar-refractivity contribution in [3.05, 3.63) is 47.2 Å². The van der Waals surface area contributed by atoms with Gasteiger partial charge in [-0.1, -0.05) is 11.6 Å². The molecule has 2 aromatic rings. The number of rotatable bonds is 4. The molecule has 0 atom stereocenters. The zero-order chi connectivity index (χ0) is 15.6. The fraction of sp³-hybridized carbons (Fsp3) is 0.0769. The maximum absolute atomic E-state index is 13.0. The molecule has 0 aromatic heterocycles. The predicted octanol–water partition coefficient (Wildman–Crippen LogP) is 2.76. The number of sulfonamides is 1. The third-order valence-corrected chi connectivity index (χ3v) is 4.37. The van der Waals surface area contributed by atoms with Gasteiger partial charge in [-0.3, -0.25) is 0 Å². The highest BCUT2D eigenvalue weighted by Crippen LogP contribution is 2.34. The standard InChI is InChI=1S/C13H12ClFN2O3S/c1-17-21(18,19)13-7-9(16)3-5-12(13)20-11-4-2-8(15)6-10(11)14/h2-7,17H,16H2,1H3. The van der Waals surface area contributed by atoms with Crippen LogP contribution in [0.3, 0.4) is 0 Å². The van der Waals surface area contributed by atoms with Crippen LogP contribution in [0.2, 0.25) is 5.02 Å². The van der Waals surface area contributed by atoms with Crippen LogP contribution in [-0.4, -0.2) is 15.5 Å². The van der Waals surface area contributed by atoms with Crippen molar-refractivity contribution in [3.63, 3.8) is 0 Å². The fourth-order valence-electron chi connectivity index (χ4n) is 1.61. The van der Waals surface area contributed by atoms with Crippen LogP contribution in [-0.2, 0) is 10.0 Å². The summed E-state index contributed by atoms with van der Waals surface area (Å²) in [6.45, 7) is 0. The van der Waals surface area contributed by atoms with E-state index < -0.39 is 15.8 Å². The lowest BCUT2D eigenvalue weighted by Crippen LogP contribution is -2.19. The third kappa shape index (κ3) is 3.44. The van der Waals surface area contributed by atoms with Gasteiger partial charge in [-0.2, -0.15) is 0 Å². The largest absolute Gasteiger partial charge is 0.454 e. The van der Waals surface area contributed by atoms with E-state index in [9.17, 15) is 12.8 Å². The van der Waals surface area contributed by atoms with Gasteiger partial charge in [0.05, 0.1) is 5.02 Å². The number of nitrogens with two attached hydrogens (primary N) is 1. The van der Waals surface area contributed by atoms with E-state index in [1.54, 1.807) is 0 Å². The number of nitrogens with one attached hydrogen (secondary N) is 1. The van der Waals surface area contributed by atoms with Gasteiger partial charge in [0.1, 0.15) is 22.2 Å². The number of nitrogen functional groups attached to an aromatic ring is 1. The Balaban J connectivity index is 2.50. The highest BCUT2D eigenvalue weighted by molar-refractivity contribution is 7.89. The van der Waals surface area contributed by atoms with Crippen molar-refractivity contribution in [1.82, 2.24) is 4.72 Å². The Morgan fingerprint density at radius 3 is 2.48 bits per heavy atom. The SMILES string of the molecule is CNS(=O)(=O)c1cc(N)ccc1Oc1ccc(F)cc1Cl. The summed E-state index contributed by atoms with van der Waals surface area (Å²) in [7, 11) is -2.49. The number of benzene rings is 2. The number of hydrogen-bond donors (Lipinski definition) is 2. The smallest absolute Gasteiger partial charge is 0.244 e. The summed E-state index contributed by atoms with van der Waals surface area (Å²) in [6.07, 6.45) is 0. The molecule has 0 heterocycles. The molecule has 2 aromatic carbocycles. The Labute approximate surface area is 126 Å². The summed E-state index contributed by atoms with van der Waals surface area (Å²) in [6, 6.07) is 7.69. The molecule has 112 valence electrons. The molecule has 0 aliphatic heterocycles. The highest BCUT2D eigenvalue weighted by Gasteiger charge is 2.19. The minimum Gasteiger partial charge on any atom is -0.454 e. The minimum absolute atomic E-state index is 0.0274. The van der Waals surface area contributed by atoms with Gasteiger partial charge >= 0.3 is 0 Å². The quantitative estimate of drug-likeness (QED) is 0.845. The maximum Gasteiger partial charge on any atom is 0.244 e.